The fourth-order valence-electron chi connectivity index (χ4n) is 2.82. The normalized spacial score (nSPS) is 23.7. The average Bonchev–Trinajstić information content (AvgIpc) is 2.95. The lowest BCUT2D eigenvalue weighted by atomic mass is 9.92. The highest BCUT2D eigenvalue weighted by atomic mass is 16.5. The Morgan fingerprint density at radius 3 is 2.95 bits per heavy atom. The van der Waals surface area contributed by atoms with Crippen LogP contribution < -0.4 is 5.32 Å². The van der Waals surface area contributed by atoms with Crippen LogP contribution in [0, 0.1) is 5.41 Å². The highest BCUT2D eigenvalue weighted by Crippen LogP contribution is 2.43. The van der Waals surface area contributed by atoms with E-state index < -0.39 is 0 Å². The van der Waals surface area contributed by atoms with Crippen LogP contribution in [0.5, 0.6) is 0 Å². The second kappa shape index (κ2) is 5.96. The van der Waals surface area contributed by atoms with Crippen LogP contribution >= 0.6 is 0 Å². The van der Waals surface area contributed by atoms with Crippen molar-refractivity contribution in [1.82, 2.24) is 25.5 Å². The van der Waals surface area contributed by atoms with E-state index in [0.717, 1.165) is 25.2 Å². The predicted octanol–water partition coefficient (Wildman–Crippen LogP) is 1.72. The van der Waals surface area contributed by atoms with Gasteiger partial charge in [0.2, 0.25) is 0 Å². The lowest BCUT2D eigenvalue weighted by Gasteiger charge is -2.19. The Bertz CT molecular complexity index is 403. The first-order valence-corrected chi connectivity index (χ1v) is 7.03. The molecule has 2 unspecified atom stereocenters. The Labute approximate surface area is 114 Å². The monoisotopic (exact) mass is 267 g/mol. The predicted molar refractivity (Wildman–Crippen MR) is 72.8 cm³/mol. The van der Waals surface area contributed by atoms with E-state index in [9.17, 15) is 0 Å². The standard InChI is InChI=1S/C13H25N5O/c1-10(14-7-8-19-4)12-15-16-17-18(12)11-5-6-13(2,3)9-11/h10-11,14H,5-9H2,1-4H3. The lowest BCUT2D eigenvalue weighted by Crippen LogP contribution is -2.26. The summed E-state index contributed by atoms with van der Waals surface area (Å²) >= 11 is 0. The van der Waals surface area contributed by atoms with Crippen molar-refractivity contribution >= 4 is 0 Å². The molecule has 0 aromatic carbocycles. The Hall–Kier alpha value is -1.01. The zero-order valence-corrected chi connectivity index (χ0v) is 12.4. The molecule has 1 saturated carbocycles. The minimum atomic E-state index is 0.147. The van der Waals surface area contributed by atoms with Crippen LogP contribution in [0.25, 0.3) is 0 Å². The molecule has 1 aromatic rings. The van der Waals surface area contributed by atoms with Gasteiger partial charge in [-0.1, -0.05) is 13.8 Å². The van der Waals surface area contributed by atoms with Crippen LogP contribution in [0.15, 0.2) is 0 Å². The Morgan fingerprint density at radius 1 is 1.53 bits per heavy atom. The fraction of sp³-hybridized carbons (Fsp3) is 0.923. The first-order chi connectivity index (χ1) is 9.03. The highest BCUT2D eigenvalue weighted by Gasteiger charge is 2.34. The largest absolute Gasteiger partial charge is 0.383 e. The molecule has 0 radical (unpaired) electrons. The first kappa shape index (κ1) is 14.4. The number of tetrazole rings is 1. The van der Waals surface area contributed by atoms with E-state index >= 15 is 0 Å². The summed E-state index contributed by atoms with van der Waals surface area (Å²) in [6.07, 6.45) is 3.55. The van der Waals surface area contributed by atoms with Crippen LogP contribution in [-0.2, 0) is 4.74 Å². The van der Waals surface area contributed by atoms with Gasteiger partial charge in [0.25, 0.3) is 0 Å². The molecule has 108 valence electrons. The Balaban J connectivity index is 2.01. The molecule has 6 nitrogen and oxygen atoms in total. The number of hydrogen-bond acceptors (Lipinski definition) is 5. The van der Waals surface area contributed by atoms with Crippen molar-refractivity contribution < 1.29 is 4.74 Å². The molecule has 1 N–H and O–H groups in total. The molecule has 6 heteroatoms. The summed E-state index contributed by atoms with van der Waals surface area (Å²) in [5.74, 6) is 0.929. The van der Waals surface area contributed by atoms with Crippen molar-refractivity contribution in [3.8, 4) is 0 Å². The van der Waals surface area contributed by atoms with Crippen molar-refractivity contribution in [2.45, 2.75) is 52.1 Å². The van der Waals surface area contributed by atoms with E-state index in [0.29, 0.717) is 18.1 Å². The van der Waals surface area contributed by atoms with Crippen LogP contribution in [0.3, 0.4) is 0 Å². The summed E-state index contributed by atoms with van der Waals surface area (Å²) in [6.45, 7) is 8.23. The molecule has 1 aliphatic rings. The first-order valence-electron chi connectivity index (χ1n) is 7.03. The molecular formula is C13H25N5O. The van der Waals surface area contributed by atoms with Crippen molar-refractivity contribution in [2.75, 3.05) is 20.3 Å². The topological polar surface area (TPSA) is 64.9 Å². The van der Waals surface area contributed by atoms with Gasteiger partial charge >= 0.3 is 0 Å². The summed E-state index contributed by atoms with van der Waals surface area (Å²) in [6, 6.07) is 0.584. The maximum atomic E-state index is 5.05. The summed E-state index contributed by atoms with van der Waals surface area (Å²) < 4.78 is 7.06. The van der Waals surface area contributed by atoms with E-state index in [1.165, 1.54) is 6.42 Å². The number of ether oxygens (including phenoxy) is 1. The van der Waals surface area contributed by atoms with Crippen LogP contribution in [0.4, 0.5) is 0 Å². The van der Waals surface area contributed by atoms with Crippen LogP contribution in [0.2, 0.25) is 0 Å². The highest BCUT2D eigenvalue weighted by molar-refractivity contribution is 4.95. The minimum Gasteiger partial charge on any atom is -0.383 e. The summed E-state index contributed by atoms with van der Waals surface area (Å²) in [4.78, 5) is 0. The molecule has 1 aromatic heterocycles. The van der Waals surface area contributed by atoms with E-state index in [4.69, 9.17) is 4.74 Å². The maximum absolute atomic E-state index is 5.05. The van der Waals surface area contributed by atoms with Crippen LogP contribution in [-0.4, -0.2) is 40.5 Å². The number of rotatable bonds is 6. The van der Waals surface area contributed by atoms with Gasteiger partial charge in [0.05, 0.1) is 18.7 Å². The zero-order chi connectivity index (χ0) is 13.9. The summed E-state index contributed by atoms with van der Waals surface area (Å²) in [5.41, 5.74) is 0.403. The van der Waals surface area contributed by atoms with Crippen molar-refractivity contribution in [1.29, 1.82) is 0 Å². The molecule has 0 saturated heterocycles. The number of nitrogens with one attached hydrogen (secondary N) is 1. The third-order valence-electron chi connectivity index (χ3n) is 3.95. The summed E-state index contributed by atoms with van der Waals surface area (Å²) in [5, 5.41) is 15.6. The third-order valence-corrected chi connectivity index (χ3v) is 3.95. The molecule has 1 aliphatic carbocycles. The van der Waals surface area contributed by atoms with Gasteiger partial charge in [-0.3, -0.25) is 0 Å². The molecule has 1 fully saturated rings. The number of hydrogen-bond donors (Lipinski definition) is 1. The van der Waals surface area contributed by atoms with E-state index in [2.05, 4.69) is 41.6 Å². The van der Waals surface area contributed by atoms with E-state index in [1.54, 1.807) is 7.11 Å². The van der Waals surface area contributed by atoms with Crippen LogP contribution in [0.1, 0.15) is 57.9 Å². The second-order valence-electron chi connectivity index (χ2n) is 6.21. The minimum absolute atomic E-state index is 0.147. The van der Waals surface area contributed by atoms with Gasteiger partial charge in [0.15, 0.2) is 5.82 Å². The molecule has 1 heterocycles. The van der Waals surface area contributed by atoms with E-state index in [1.807, 2.05) is 4.68 Å². The molecule has 0 spiro atoms. The zero-order valence-electron chi connectivity index (χ0n) is 12.4. The number of methoxy groups -OCH3 is 1. The Morgan fingerprint density at radius 2 is 2.32 bits per heavy atom. The van der Waals surface area contributed by atoms with Crippen molar-refractivity contribution in [3.63, 3.8) is 0 Å². The van der Waals surface area contributed by atoms with Gasteiger partial charge in [-0.2, -0.15) is 0 Å². The molecule has 2 atom stereocenters. The smallest absolute Gasteiger partial charge is 0.168 e. The molecule has 0 aliphatic heterocycles. The van der Waals surface area contributed by atoms with Crippen molar-refractivity contribution in [3.05, 3.63) is 5.82 Å². The lowest BCUT2D eigenvalue weighted by molar-refractivity contribution is 0.195. The quantitative estimate of drug-likeness (QED) is 0.795. The van der Waals surface area contributed by atoms with Gasteiger partial charge in [-0.25, -0.2) is 4.68 Å². The number of nitrogens with zero attached hydrogens (tertiary/aromatic N) is 4. The number of aromatic nitrogens is 4. The molecule has 0 bridgehead atoms. The van der Waals surface area contributed by atoms with E-state index in [-0.39, 0.29) is 6.04 Å². The van der Waals surface area contributed by atoms with Gasteiger partial charge in [0, 0.05) is 13.7 Å². The molecule has 0 amide bonds. The van der Waals surface area contributed by atoms with Crippen molar-refractivity contribution in [2.24, 2.45) is 5.41 Å². The van der Waals surface area contributed by atoms with Gasteiger partial charge in [0.1, 0.15) is 0 Å². The molecule has 2 rings (SSSR count). The van der Waals surface area contributed by atoms with Gasteiger partial charge < -0.3 is 10.1 Å². The molecule has 19 heavy (non-hydrogen) atoms. The maximum Gasteiger partial charge on any atom is 0.168 e. The molecular weight excluding hydrogens is 242 g/mol. The summed E-state index contributed by atoms with van der Waals surface area (Å²) in [7, 11) is 1.71. The Kier molecular flexibility index (Phi) is 4.52. The van der Waals surface area contributed by atoms with Gasteiger partial charge in [-0.05, 0) is 42.0 Å². The van der Waals surface area contributed by atoms with Gasteiger partial charge in [-0.15, -0.1) is 5.10 Å². The average molecular weight is 267 g/mol. The second-order valence-corrected chi connectivity index (χ2v) is 6.21. The fourth-order valence-corrected chi connectivity index (χ4v) is 2.82. The third kappa shape index (κ3) is 3.51. The SMILES string of the molecule is COCCNC(C)c1nnnn1C1CCC(C)(C)C1.